The average molecular weight is 321 g/mol. The van der Waals surface area contributed by atoms with Gasteiger partial charge in [0.2, 0.25) is 5.91 Å². The van der Waals surface area contributed by atoms with Crippen LogP contribution >= 0.6 is 0 Å². The number of amides is 3. The Kier molecular flexibility index (Phi) is 5.23. The average Bonchev–Trinajstić information content (AvgIpc) is 3.26. The second kappa shape index (κ2) is 6.98. The van der Waals surface area contributed by atoms with E-state index in [1.165, 1.54) is 25.1 Å². The highest BCUT2D eigenvalue weighted by molar-refractivity contribution is 5.93. The first-order valence-corrected chi connectivity index (χ1v) is 7.96. The summed E-state index contributed by atoms with van der Waals surface area (Å²) in [5.41, 5.74) is 0.520. The summed E-state index contributed by atoms with van der Waals surface area (Å²) in [4.78, 5) is 25.5. The number of nitrogens with zero attached hydrogens (tertiary/aromatic N) is 1. The zero-order valence-corrected chi connectivity index (χ0v) is 14.0. The summed E-state index contributed by atoms with van der Waals surface area (Å²) in [5, 5.41) is 5.22. The van der Waals surface area contributed by atoms with Gasteiger partial charge < -0.3 is 15.5 Å². The van der Waals surface area contributed by atoms with Crippen LogP contribution in [0.2, 0.25) is 0 Å². The molecule has 0 aromatic heterocycles. The van der Waals surface area contributed by atoms with Crippen LogP contribution in [0.5, 0.6) is 0 Å². The number of carbonyl (C=O) groups excluding carboxylic acids is 2. The van der Waals surface area contributed by atoms with Crippen molar-refractivity contribution in [3.8, 4) is 0 Å². The fourth-order valence-corrected chi connectivity index (χ4v) is 2.44. The first-order chi connectivity index (χ1) is 10.8. The van der Waals surface area contributed by atoms with Crippen molar-refractivity contribution in [1.82, 2.24) is 4.90 Å². The van der Waals surface area contributed by atoms with Gasteiger partial charge in [-0.2, -0.15) is 0 Å². The van der Waals surface area contributed by atoms with Crippen molar-refractivity contribution in [3.63, 3.8) is 0 Å². The normalized spacial score (nSPS) is 15.2. The van der Waals surface area contributed by atoms with E-state index in [2.05, 4.69) is 24.5 Å². The third kappa shape index (κ3) is 4.43. The molecular weight excluding hydrogens is 297 g/mol. The third-order valence-corrected chi connectivity index (χ3v) is 4.11. The molecular formula is C17H24FN3O2. The lowest BCUT2D eigenvalue weighted by Crippen LogP contribution is -2.45. The summed E-state index contributed by atoms with van der Waals surface area (Å²) in [6.45, 7) is 7.50. The molecule has 1 saturated carbocycles. The van der Waals surface area contributed by atoms with E-state index in [0.29, 0.717) is 11.6 Å². The molecule has 1 atom stereocenters. The second-order valence-electron chi connectivity index (χ2n) is 6.43. The molecule has 1 aromatic carbocycles. The molecule has 126 valence electrons. The highest BCUT2D eigenvalue weighted by Crippen LogP contribution is 2.31. The molecule has 1 aromatic rings. The SMILES string of the molecule is CC(=O)Nc1ccc(F)c(NC(=O)N(C2CC2)C(C)C(C)C)c1. The van der Waals surface area contributed by atoms with Crippen molar-refractivity contribution >= 4 is 23.3 Å². The largest absolute Gasteiger partial charge is 0.326 e. The number of carbonyl (C=O) groups is 2. The van der Waals surface area contributed by atoms with E-state index in [-0.39, 0.29) is 29.7 Å². The summed E-state index contributed by atoms with van der Waals surface area (Å²) in [6, 6.07) is 4.13. The molecule has 1 aliphatic rings. The quantitative estimate of drug-likeness (QED) is 0.866. The number of urea groups is 1. The fraction of sp³-hybridized carbons (Fsp3) is 0.529. The molecule has 1 aliphatic carbocycles. The lowest BCUT2D eigenvalue weighted by molar-refractivity contribution is -0.114. The number of benzene rings is 1. The maximum absolute atomic E-state index is 14.0. The van der Waals surface area contributed by atoms with E-state index in [4.69, 9.17) is 0 Å². The minimum Gasteiger partial charge on any atom is -0.326 e. The van der Waals surface area contributed by atoms with Gasteiger partial charge in [-0.3, -0.25) is 4.79 Å². The first kappa shape index (κ1) is 17.2. The van der Waals surface area contributed by atoms with Crippen LogP contribution in [0.15, 0.2) is 18.2 Å². The summed E-state index contributed by atoms with van der Waals surface area (Å²) in [7, 11) is 0. The van der Waals surface area contributed by atoms with Gasteiger partial charge in [0, 0.05) is 24.7 Å². The second-order valence-corrected chi connectivity index (χ2v) is 6.43. The van der Waals surface area contributed by atoms with E-state index >= 15 is 0 Å². The number of hydrogen-bond acceptors (Lipinski definition) is 2. The first-order valence-electron chi connectivity index (χ1n) is 7.96. The molecule has 2 N–H and O–H groups in total. The van der Waals surface area contributed by atoms with Gasteiger partial charge in [0.15, 0.2) is 0 Å². The molecule has 23 heavy (non-hydrogen) atoms. The molecule has 6 heteroatoms. The maximum Gasteiger partial charge on any atom is 0.322 e. The van der Waals surface area contributed by atoms with Crippen molar-refractivity contribution < 1.29 is 14.0 Å². The molecule has 5 nitrogen and oxygen atoms in total. The van der Waals surface area contributed by atoms with Crippen molar-refractivity contribution in [2.75, 3.05) is 10.6 Å². The predicted molar refractivity (Wildman–Crippen MR) is 88.9 cm³/mol. The number of nitrogens with one attached hydrogen (secondary N) is 2. The smallest absolute Gasteiger partial charge is 0.322 e. The lowest BCUT2D eigenvalue weighted by Gasteiger charge is -2.32. The summed E-state index contributed by atoms with van der Waals surface area (Å²) < 4.78 is 14.0. The van der Waals surface area contributed by atoms with Crippen LogP contribution < -0.4 is 10.6 Å². The zero-order valence-electron chi connectivity index (χ0n) is 14.0. The van der Waals surface area contributed by atoms with Crippen molar-refractivity contribution in [3.05, 3.63) is 24.0 Å². The monoisotopic (exact) mass is 321 g/mol. The number of anilines is 2. The fourth-order valence-electron chi connectivity index (χ4n) is 2.44. The Balaban J connectivity index is 2.16. The van der Waals surface area contributed by atoms with E-state index in [9.17, 15) is 14.0 Å². The van der Waals surface area contributed by atoms with Crippen LogP contribution in [0.4, 0.5) is 20.6 Å². The standard InChI is InChI=1S/C17H24FN3O2/c1-10(2)11(3)21(14-6-7-14)17(23)20-16-9-13(19-12(4)22)5-8-15(16)18/h5,8-11,14H,6-7H2,1-4H3,(H,19,22)(H,20,23). The van der Waals surface area contributed by atoms with E-state index in [0.717, 1.165) is 12.8 Å². The van der Waals surface area contributed by atoms with Gasteiger partial charge in [-0.15, -0.1) is 0 Å². The van der Waals surface area contributed by atoms with Crippen LogP contribution in [0, 0.1) is 11.7 Å². The highest BCUT2D eigenvalue weighted by Gasteiger charge is 2.36. The molecule has 0 heterocycles. The summed E-state index contributed by atoms with van der Waals surface area (Å²) in [5.74, 6) is -0.459. The molecule has 0 spiro atoms. The van der Waals surface area contributed by atoms with Crippen molar-refractivity contribution in [2.24, 2.45) is 5.92 Å². The van der Waals surface area contributed by atoms with Crippen LogP contribution in [-0.4, -0.2) is 28.9 Å². The van der Waals surface area contributed by atoms with Crippen molar-refractivity contribution in [2.45, 2.75) is 52.6 Å². The van der Waals surface area contributed by atoms with E-state index in [1.54, 1.807) is 4.90 Å². The van der Waals surface area contributed by atoms with Crippen LogP contribution in [-0.2, 0) is 4.79 Å². The van der Waals surface area contributed by atoms with Gasteiger partial charge in [-0.25, -0.2) is 9.18 Å². The topological polar surface area (TPSA) is 61.4 Å². The molecule has 1 unspecified atom stereocenters. The molecule has 2 rings (SSSR count). The Morgan fingerprint density at radius 1 is 1.22 bits per heavy atom. The Morgan fingerprint density at radius 3 is 2.39 bits per heavy atom. The Hall–Kier alpha value is -2.11. The Morgan fingerprint density at radius 2 is 1.87 bits per heavy atom. The van der Waals surface area contributed by atoms with Crippen LogP contribution in [0.1, 0.15) is 40.5 Å². The number of halogens is 1. The van der Waals surface area contributed by atoms with Gasteiger partial charge in [-0.1, -0.05) is 13.8 Å². The van der Waals surface area contributed by atoms with Gasteiger partial charge in [0.05, 0.1) is 5.69 Å². The van der Waals surface area contributed by atoms with E-state index < -0.39 is 5.82 Å². The number of hydrogen-bond donors (Lipinski definition) is 2. The highest BCUT2D eigenvalue weighted by atomic mass is 19.1. The zero-order chi connectivity index (χ0) is 17.1. The van der Waals surface area contributed by atoms with Gasteiger partial charge in [0.1, 0.15) is 5.82 Å². The molecule has 1 fully saturated rings. The summed E-state index contributed by atoms with van der Waals surface area (Å²) in [6.07, 6.45) is 1.97. The third-order valence-electron chi connectivity index (χ3n) is 4.11. The minimum atomic E-state index is -0.527. The van der Waals surface area contributed by atoms with Crippen LogP contribution in [0.3, 0.4) is 0 Å². The molecule has 0 saturated heterocycles. The maximum atomic E-state index is 14.0. The molecule has 0 bridgehead atoms. The molecule has 0 aliphatic heterocycles. The van der Waals surface area contributed by atoms with E-state index in [1.807, 2.05) is 6.92 Å². The summed E-state index contributed by atoms with van der Waals surface area (Å²) >= 11 is 0. The minimum absolute atomic E-state index is 0.0721. The van der Waals surface area contributed by atoms with Gasteiger partial charge in [-0.05, 0) is 43.9 Å². The Labute approximate surface area is 136 Å². The number of rotatable bonds is 5. The Bertz CT molecular complexity index is 600. The lowest BCUT2D eigenvalue weighted by atomic mass is 10.0. The van der Waals surface area contributed by atoms with Crippen LogP contribution in [0.25, 0.3) is 0 Å². The molecule has 3 amide bonds. The predicted octanol–water partition coefficient (Wildman–Crippen LogP) is 3.82. The molecule has 0 radical (unpaired) electrons. The van der Waals surface area contributed by atoms with Gasteiger partial charge >= 0.3 is 6.03 Å². The van der Waals surface area contributed by atoms with Crippen molar-refractivity contribution in [1.29, 1.82) is 0 Å². The van der Waals surface area contributed by atoms with Gasteiger partial charge in [0.25, 0.3) is 0 Å².